The molecule has 0 fully saturated rings. The molecule has 0 aromatic rings. The summed E-state index contributed by atoms with van der Waals surface area (Å²) in [5, 5.41) is 12.0. The summed E-state index contributed by atoms with van der Waals surface area (Å²) in [6.07, 6.45) is 9.42. The fourth-order valence-electron chi connectivity index (χ4n) is 1.39. The van der Waals surface area contributed by atoms with E-state index in [9.17, 15) is 4.79 Å². The third-order valence-electron chi connectivity index (χ3n) is 2.11. The van der Waals surface area contributed by atoms with Crippen LogP contribution in [0.1, 0.15) is 27.2 Å². The summed E-state index contributed by atoms with van der Waals surface area (Å²) in [7, 11) is 0. The number of allylic oxidation sites excluding steroid dienone is 4. The van der Waals surface area contributed by atoms with Crippen LogP contribution in [0.3, 0.4) is 0 Å². The zero-order valence-electron chi connectivity index (χ0n) is 10.0. The molecule has 1 atom stereocenters. The highest BCUT2D eigenvalue weighted by Gasteiger charge is 2.11. The molecule has 1 amide bonds. The summed E-state index contributed by atoms with van der Waals surface area (Å²) in [6, 6.07) is 0. The smallest absolute Gasteiger partial charge is 0.244 e. The molecule has 3 heteroatoms. The van der Waals surface area contributed by atoms with Crippen molar-refractivity contribution in [1.82, 2.24) is 5.32 Å². The Labute approximate surface area is 96.5 Å². The zero-order valence-corrected chi connectivity index (χ0v) is 10.0. The molecule has 1 rings (SSSR count). The van der Waals surface area contributed by atoms with Crippen LogP contribution < -0.4 is 5.32 Å². The number of amides is 1. The summed E-state index contributed by atoms with van der Waals surface area (Å²) in [4.78, 5) is 11.5. The lowest BCUT2D eigenvalue weighted by atomic mass is 9.99. The van der Waals surface area contributed by atoms with E-state index in [4.69, 9.17) is 5.11 Å². The monoisotopic (exact) mass is 221 g/mol. The van der Waals surface area contributed by atoms with Crippen LogP contribution in [0.15, 0.2) is 36.1 Å². The summed E-state index contributed by atoms with van der Waals surface area (Å²) in [5.41, 5.74) is -0.206. The second-order valence-corrected chi connectivity index (χ2v) is 4.99. The van der Waals surface area contributed by atoms with Crippen LogP contribution >= 0.6 is 0 Å². The molecule has 16 heavy (non-hydrogen) atoms. The van der Waals surface area contributed by atoms with Crippen LogP contribution in [0.2, 0.25) is 0 Å². The van der Waals surface area contributed by atoms with Gasteiger partial charge in [0, 0.05) is 5.54 Å². The first-order valence-corrected chi connectivity index (χ1v) is 5.44. The van der Waals surface area contributed by atoms with Crippen LogP contribution in [0.25, 0.3) is 0 Å². The van der Waals surface area contributed by atoms with Gasteiger partial charge >= 0.3 is 0 Å². The molecule has 1 aliphatic rings. The highest BCUT2D eigenvalue weighted by molar-refractivity contribution is 5.88. The van der Waals surface area contributed by atoms with E-state index in [2.05, 4.69) is 5.32 Å². The van der Waals surface area contributed by atoms with Gasteiger partial charge in [0.2, 0.25) is 5.91 Å². The van der Waals surface area contributed by atoms with E-state index < -0.39 is 0 Å². The van der Waals surface area contributed by atoms with Crippen molar-refractivity contribution in [3.8, 4) is 0 Å². The Morgan fingerprint density at radius 2 is 2.25 bits per heavy atom. The van der Waals surface area contributed by atoms with Gasteiger partial charge < -0.3 is 10.4 Å². The van der Waals surface area contributed by atoms with Gasteiger partial charge in [-0.1, -0.05) is 12.2 Å². The molecule has 0 radical (unpaired) electrons. The Balaban J connectivity index is 2.44. The van der Waals surface area contributed by atoms with Crippen molar-refractivity contribution in [3.05, 3.63) is 36.1 Å². The van der Waals surface area contributed by atoms with Crippen molar-refractivity contribution in [3.63, 3.8) is 0 Å². The number of carbonyl (C=O) groups is 1. The van der Waals surface area contributed by atoms with Crippen LogP contribution in [0.5, 0.6) is 0 Å². The van der Waals surface area contributed by atoms with E-state index in [1.807, 2.05) is 32.9 Å². The minimum absolute atomic E-state index is 0.0836. The number of hydrogen-bond donors (Lipinski definition) is 2. The molecule has 0 spiro atoms. The fourth-order valence-corrected chi connectivity index (χ4v) is 1.39. The Hall–Kier alpha value is -1.51. The summed E-state index contributed by atoms with van der Waals surface area (Å²) in [5.74, 6) is 0.407. The van der Waals surface area contributed by atoms with E-state index >= 15 is 0 Å². The molecule has 0 saturated heterocycles. The van der Waals surface area contributed by atoms with Gasteiger partial charge in [-0.15, -0.1) is 0 Å². The molecule has 0 aromatic carbocycles. The highest BCUT2D eigenvalue weighted by Crippen LogP contribution is 2.15. The van der Waals surface area contributed by atoms with Crippen LogP contribution in [0.4, 0.5) is 0 Å². The molecule has 0 heterocycles. The fraction of sp³-hybridized carbons (Fsp3) is 0.462. The summed E-state index contributed by atoms with van der Waals surface area (Å²) in [6.45, 7) is 5.83. The lowest BCUT2D eigenvalue weighted by Gasteiger charge is -2.19. The summed E-state index contributed by atoms with van der Waals surface area (Å²) >= 11 is 0. The Bertz CT molecular complexity index is 345. The minimum Gasteiger partial charge on any atom is -0.508 e. The topological polar surface area (TPSA) is 49.3 Å². The van der Waals surface area contributed by atoms with Gasteiger partial charge in [0.05, 0.1) is 0 Å². The number of aliphatic hydroxyl groups excluding tert-OH is 1. The number of rotatable bonds is 2. The zero-order chi connectivity index (χ0) is 12.2. The molecule has 0 saturated carbocycles. The molecular weight excluding hydrogens is 202 g/mol. The Morgan fingerprint density at radius 1 is 1.56 bits per heavy atom. The maximum absolute atomic E-state index is 11.5. The Morgan fingerprint density at radius 3 is 2.75 bits per heavy atom. The molecule has 3 nitrogen and oxygen atoms in total. The number of nitrogens with one attached hydrogen (secondary N) is 1. The van der Waals surface area contributed by atoms with E-state index in [0.29, 0.717) is 5.76 Å². The molecule has 88 valence electrons. The summed E-state index contributed by atoms with van der Waals surface area (Å²) < 4.78 is 0. The molecule has 1 aliphatic carbocycles. The van der Waals surface area contributed by atoms with E-state index in [1.54, 1.807) is 18.2 Å². The number of aliphatic hydroxyl groups is 1. The molecule has 1 unspecified atom stereocenters. The largest absolute Gasteiger partial charge is 0.508 e. The van der Waals surface area contributed by atoms with Gasteiger partial charge in [0.15, 0.2) is 0 Å². The minimum atomic E-state index is -0.206. The van der Waals surface area contributed by atoms with Crippen molar-refractivity contribution >= 4 is 5.91 Å². The second-order valence-electron chi connectivity index (χ2n) is 4.99. The van der Waals surface area contributed by atoms with Crippen molar-refractivity contribution in [2.75, 3.05) is 0 Å². The van der Waals surface area contributed by atoms with Crippen molar-refractivity contribution in [2.24, 2.45) is 5.92 Å². The number of carbonyl (C=O) groups excluding carboxylic acids is 1. The predicted octanol–water partition coefficient (Wildman–Crippen LogP) is 2.48. The Kier molecular flexibility index (Phi) is 3.93. The maximum atomic E-state index is 11.5. The van der Waals surface area contributed by atoms with Gasteiger partial charge in [-0.25, -0.2) is 0 Å². The first kappa shape index (κ1) is 12.6. The second kappa shape index (κ2) is 5.01. The van der Waals surface area contributed by atoms with Crippen molar-refractivity contribution < 1.29 is 9.90 Å². The third-order valence-corrected chi connectivity index (χ3v) is 2.11. The van der Waals surface area contributed by atoms with Crippen molar-refractivity contribution in [1.29, 1.82) is 0 Å². The quantitative estimate of drug-likeness (QED) is 0.704. The van der Waals surface area contributed by atoms with Crippen LogP contribution in [0, 0.1) is 5.92 Å². The lowest BCUT2D eigenvalue weighted by Crippen LogP contribution is -2.39. The third kappa shape index (κ3) is 4.82. The molecular formula is C13H19NO2. The molecule has 0 aromatic heterocycles. The normalized spacial score (nSPS) is 20.9. The van der Waals surface area contributed by atoms with Gasteiger partial charge in [0.1, 0.15) is 5.76 Å². The highest BCUT2D eigenvalue weighted by atomic mass is 16.3. The SMILES string of the molecule is CC(C)(C)NC(=O)C=CC1C=CC(O)=CC1. The molecule has 0 bridgehead atoms. The molecule has 0 aliphatic heterocycles. The first-order valence-electron chi connectivity index (χ1n) is 5.44. The lowest BCUT2D eigenvalue weighted by molar-refractivity contribution is -0.117. The van der Waals surface area contributed by atoms with E-state index in [-0.39, 0.29) is 17.4 Å². The average Bonchev–Trinajstić information content (AvgIpc) is 2.14. The number of hydrogen-bond acceptors (Lipinski definition) is 2. The van der Waals surface area contributed by atoms with Gasteiger partial charge in [-0.2, -0.15) is 0 Å². The van der Waals surface area contributed by atoms with E-state index in [0.717, 1.165) is 6.42 Å². The van der Waals surface area contributed by atoms with Crippen LogP contribution in [-0.2, 0) is 4.79 Å². The van der Waals surface area contributed by atoms with Gasteiger partial charge in [-0.3, -0.25) is 4.79 Å². The van der Waals surface area contributed by atoms with Gasteiger partial charge in [0.25, 0.3) is 0 Å². The molecule has 2 N–H and O–H groups in total. The van der Waals surface area contributed by atoms with Crippen molar-refractivity contribution in [2.45, 2.75) is 32.7 Å². The predicted molar refractivity (Wildman–Crippen MR) is 65.0 cm³/mol. The van der Waals surface area contributed by atoms with Crippen LogP contribution in [-0.4, -0.2) is 16.6 Å². The first-order chi connectivity index (χ1) is 7.37. The standard InChI is InChI=1S/C13H19NO2/c1-13(2,3)14-12(16)9-6-10-4-7-11(15)8-5-10/h4,6-10,15H,5H2,1-3H3,(H,14,16). The average molecular weight is 221 g/mol. The van der Waals surface area contributed by atoms with E-state index in [1.165, 1.54) is 0 Å². The maximum Gasteiger partial charge on any atom is 0.244 e. The van der Waals surface area contributed by atoms with Gasteiger partial charge in [-0.05, 0) is 51.3 Å².